The van der Waals surface area contributed by atoms with E-state index < -0.39 is 23.9 Å². The number of nitrogens with zero attached hydrogens (tertiary/aromatic N) is 1. The number of alkyl carbamates (subject to hydrolysis) is 1. The number of hydrogen-bond acceptors (Lipinski definition) is 6. The maximum atomic E-state index is 11.5. The van der Waals surface area contributed by atoms with Gasteiger partial charge in [0.2, 0.25) is 0 Å². The van der Waals surface area contributed by atoms with E-state index in [-0.39, 0.29) is 23.4 Å². The smallest absolute Gasteiger partial charge is 0.407 e. The molecule has 2 atom stereocenters. The topological polar surface area (TPSA) is 123 Å². The number of ether oxygens (including phenoxy) is 1. The molecule has 7 nitrogen and oxygen atoms in total. The van der Waals surface area contributed by atoms with Crippen LogP contribution in [0.4, 0.5) is 4.79 Å². The molecule has 0 aromatic heterocycles. The third-order valence-electron chi connectivity index (χ3n) is 2.70. The Hall–Kier alpha value is -2.30. The first-order valence-corrected chi connectivity index (χ1v) is 6.70. The number of phenolic OH excluding ortho intramolecular Hbond substituents is 1. The standard InChI is InChI=1S/C15H20N2O5/c1-15(2,3)22-14(21)17-8-12(19)13(20)9-4-5-11(18)10(6-9)7-16/h4-6,12-13,18-20H,8H2,1-3H3,(H,17,21). The molecule has 0 aliphatic rings. The molecule has 1 rings (SSSR count). The zero-order valence-electron chi connectivity index (χ0n) is 12.7. The van der Waals surface area contributed by atoms with Crippen molar-refractivity contribution >= 4 is 6.09 Å². The molecule has 120 valence electrons. The highest BCUT2D eigenvalue weighted by Crippen LogP contribution is 2.23. The van der Waals surface area contributed by atoms with Crippen LogP contribution in [-0.2, 0) is 4.74 Å². The first-order chi connectivity index (χ1) is 10.1. The van der Waals surface area contributed by atoms with Gasteiger partial charge in [0, 0.05) is 6.54 Å². The summed E-state index contributed by atoms with van der Waals surface area (Å²) in [5, 5.41) is 40.5. The second kappa shape index (κ2) is 7.11. The van der Waals surface area contributed by atoms with Crippen LogP contribution in [0.2, 0.25) is 0 Å². The third kappa shape index (κ3) is 5.24. The Bertz CT molecular complexity index is 574. The van der Waals surface area contributed by atoms with Crippen LogP contribution in [0, 0.1) is 11.3 Å². The Morgan fingerprint density at radius 1 is 1.41 bits per heavy atom. The van der Waals surface area contributed by atoms with Crippen LogP contribution in [0.5, 0.6) is 5.75 Å². The maximum Gasteiger partial charge on any atom is 0.407 e. The summed E-state index contributed by atoms with van der Waals surface area (Å²) in [6.45, 7) is 4.89. The van der Waals surface area contributed by atoms with E-state index in [1.165, 1.54) is 18.2 Å². The summed E-state index contributed by atoms with van der Waals surface area (Å²) < 4.78 is 5.01. The number of carbonyl (C=O) groups excluding carboxylic acids is 1. The Kier molecular flexibility index (Phi) is 5.74. The second-order valence-electron chi connectivity index (χ2n) is 5.78. The molecular formula is C15H20N2O5. The summed E-state index contributed by atoms with van der Waals surface area (Å²) in [6, 6.07) is 5.69. The summed E-state index contributed by atoms with van der Waals surface area (Å²) in [7, 11) is 0. The minimum atomic E-state index is -1.32. The molecular weight excluding hydrogens is 288 g/mol. The van der Waals surface area contributed by atoms with Crippen molar-refractivity contribution < 1.29 is 24.9 Å². The van der Waals surface area contributed by atoms with E-state index in [0.717, 1.165) is 0 Å². The molecule has 0 saturated carbocycles. The fourth-order valence-electron chi connectivity index (χ4n) is 1.66. The van der Waals surface area contributed by atoms with Gasteiger partial charge in [-0.1, -0.05) is 6.07 Å². The molecule has 1 aromatic carbocycles. The second-order valence-corrected chi connectivity index (χ2v) is 5.78. The van der Waals surface area contributed by atoms with Crippen molar-refractivity contribution in [2.24, 2.45) is 0 Å². The fraction of sp³-hybridized carbons (Fsp3) is 0.467. The molecule has 0 saturated heterocycles. The highest BCUT2D eigenvalue weighted by Gasteiger charge is 2.22. The molecule has 7 heteroatoms. The van der Waals surface area contributed by atoms with Crippen LogP contribution >= 0.6 is 0 Å². The minimum absolute atomic E-state index is 0.0103. The highest BCUT2D eigenvalue weighted by molar-refractivity contribution is 5.67. The maximum absolute atomic E-state index is 11.5. The molecule has 0 radical (unpaired) electrons. The normalized spacial score (nSPS) is 13.8. The average Bonchev–Trinajstić information content (AvgIpc) is 2.42. The van der Waals surface area contributed by atoms with E-state index in [1.54, 1.807) is 26.8 Å². The summed E-state index contributed by atoms with van der Waals surface area (Å²) in [4.78, 5) is 11.5. The Labute approximate surface area is 128 Å². The van der Waals surface area contributed by atoms with Gasteiger partial charge in [-0.05, 0) is 38.5 Å². The number of benzene rings is 1. The lowest BCUT2D eigenvalue weighted by atomic mass is 10.0. The first-order valence-electron chi connectivity index (χ1n) is 6.70. The zero-order chi connectivity index (χ0) is 16.9. The monoisotopic (exact) mass is 308 g/mol. The van der Waals surface area contributed by atoms with Gasteiger partial charge in [-0.25, -0.2) is 4.79 Å². The van der Waals surface area contributed by atoms with Crippen LogP contribution in [0.3, 0.4) is 0 Å². The van der Waals surface area contributed by atoms with Crippen molar-refractivity contribution in [2.75, 3.05) is 6.54 Å². The number of aromatic hydroxyl groups is 1. The lowest BCUT2D eigenvalue weighted by Gasteiger charge is -2.22. The number of nitrogens with one attached hydrogen (secondary N) is 1. The van der Waals surface area contributed by atoms with Gasteiger partial charge < -0.3 is 25.4 Å². The summed E-state index contributed by atoms with van der Waals surface area (Å²) in [6.07, 6.45) is -3.31. The SMILES string of the molecule is CC(C)(C)OC(=O)NCC(O)C(O)c1ccc(O)c(C#N)c1. The van der Waals surface area contributed by atoms with Crippen LogP contribution in [0.15, 0.2) is 18.2 Å². The van der Waals surface area contributed by atoms with Gasteiger partial charge in [0.25, 0.3) is 0 Å². The van der Waals surface area contributed by atoms with Gasteiger partial charge in [-0.15, -0.1) is 0 Å². The van der Waals surface area contributed by atoms with Crippen molar-refractivity contribution in [1.29, 1.82) is 5.26 Å². The number of rotatable bonds is 4. The first kappa shape index (κ1) is 17.8. The van der Waals surface area contributed by atoms with Gasteiger partial charge in [-0.3, -0.25) is 0 Å². The molecule has 0 aliphatic heterocycles. The number of hydrogen-bond donors (Lipinski definition) is 4. The van der Waals surface area contributed by atoms with Gasteiger partial charge >= 0.3 is 6.09 Å². The van der Waals surface area contributed by atoms with Crippen molar-refractivity contribution in [3.05, 3.63) is 29.3 Å². The highest BCUT2D eigenvalue weighted by atomic mass is 16.6. The Morgan fingerprint density at radius 3 is 2.59 bits per heavy atom. The number of aliphatic hydroxyl groups excluding tert-OH is 2. The molecule has 22 heavy (non-hydrogen) atoms. The van der Waals surface area contributed by atoms with E-state index in [2.05, 4.69) is 5.32 Å². The van der Waals surface area contributed by atoms with Crippen LogP contribution < -0.4 is 5.32 Å². The van der Waals surface area contributed by atoms with E-state index in [4.69, 9.17) is 10.00 Å². The Balaban J connectivity index is 2.64. The van der Waals surface area contributed by atoms with Gasteiger partial charge in [0.1, 0.15) is 29.6 Å². The molecule has 1 aromatic rings. The van der Waals surface area contributed by atoms with E-state index in [9.17, 15) is 20.1 Å². The van der Waals surface area contributed by atoms with Gasteiger partial charge in [-0.2, -0.15) is 5.26 Å². The molecule has 0 aliphatic carbocycles. The van der Waals surface area contributed by atoms with Crippen LogP contribution in [-0.4, -0.2) is 39.7 Å². The van der Waals surface area contributed by atoms with Crippen molar-refractivity contribution in [1.82, 2.24) is 5.32 Å². The van der Waals surface area contributed by atoms with Crippen LogP contribution in [0.1, 0.15) is 38.0 Å². The lowest BCUT2D eigenvalue weighted by Crippen LogP contribution is -2.38. The average molecular weight is 308 g/mol. The summed E-state index contributed by atoms with van der Waals surface area (Å²) >= 11 is 0. The number of phenols is 1. The Morgan fingerprint density at radius 2 is 2.05 bits per heavy atom. The minimum Gasteiger partial charge on any atom is -0.507 e. The molecule has 1 amide bonds. The fourth-order valence-corrected chi connectivity index (χ4v) is 1.66. The van der Waals surface area contributed by atoms with Crippen molar-refractivity contribution in [3.8, 4) is 11.8 Å². The van der Waals surface area contributed by atoms with Crippen LogP contribution in [0.25, 0.3) is 0 Å². The zero-order valence-corrected chi connectivity index (χ0v) is 12.7. The number of aliphatic hydroxyl groups is 2. The predicted molar refractivity (Wildman–Crippen MR) is 78.0 cm³/mol. The lowest BCUT2D eigenvalue weighted by molar-refractivity contribution is 0.0129. The van der Waals surface area contributed by atoms with Gasteiger partial charge in [0.15, 0.2) is 0 Å². The number of nitriles is 1. The molecule has 2 unspecified atom stereocenters. The predicted octanol–water partition coefficient (Wildman–Crippen LogP) is 1.18. The van der Waals surface area contributed by atoms with Crippen molar-refractivity contribution in [3.63, 3.8) is 0 Å². The molecule has 0 bridgehead atoms. The van der Waals surface area contributed by atoms with E-state index >= 15 is 0 Å². The number of carbonyl (C=O) groups is 1. The van der Waals surface area contributed by atoms with E-state index in [0.29, 0.717) is 0 Å². The van der Waals surface area contributed by atoms with E-state index in [1.807, 2.05) is 0 Å². The quantitative estimate of drug-likeness (QED) is 0.662. The number of amides is 1. The summed E-state index contributed by atoms with van der Waals surface area (Å²) in [5.41, 5.74) is -0.413. The van der Waals surface area contributed by atoms with Gasteiger partial charge in [0.05, 0.1) is 5.56 Å². The largest absolute Gasteiger partial charge is 0.507 e. The molecule has 0 fully saturated rings. The van der Waals surface area contributed by atoms with Crippen molar-refractivity contribution in [2.45, 2.75) is 38.6 Å². The summed E-state index contributed by atoms with van der Waals surface area (Å²) in [5.74, 6) is -0.209. The molecule has 4 N–H and O–H groups in total. The molecule has 0 spiro atoms. The molecule has 0 heterocycles. The third-order valence-corrected chi connectivity index (χ3v) is 2.70.